The Morgan fingerprint density at radius 1 is 0.741 bits per heavy atom. The summed E-state index contributed by atoms with van der Waals surface area (Å²) in [5.74, 6) is 2.07. The fourth-order valence-corrected chi connectivity index (χ4v) is 4.34. The Balaban J connectivity index is 2.06. The Bertz CT molecular complexity index is 764. The molecular weight excluding hydrogens is 376 g/mol. The second kappa shape index (κ2) is 8.76. The first-order valence-electron chi connectivity index (χ1n) is 9.44. The van der Waals surface area contributed by atoms with Gasteiger partial charge in [0.1, 0.15) is 11.5 Å². The normalized spacial score (nSPS) is 13.4. The fraction of sp³-hybridized carbons (Fsp3) is 0.304. The van der Waals surface area contributed by atoms with Crippen LogP contribution >= 0.6 is 0 Å². The van der Waals surface area contributed by atoms with Crippen molar-refractivity contribution in [2.75, 3.05) is 0 Å². The molecule has 0 fully saturated rings. The van der Waals surface area contributed by atoms with Gasteiger partial charge in [0, 0.05) is 5.92 Å². The van der Waals surface area contributed by atoms with Gasteiger partial charge in [0.25, 0.3) is 0 Å². The first-order valence-corrected chi connectivity index (χ1v) is 16.3. The molecule has 0 saturated heterocycles. The topological polar surface area (TPSA) is 18.5 Å². The molecule has 1 unspecified atom stereocenters. The van der Waals surface area contributed by atoms with Crippen LogP contribution in [0.1, 0.15) is 17.0 Å². The molecule has 4 heteroatoms. The number of allylic oxidation sites excluding steroid dienone is 2. The molecule has 2 aromatic rings. The van der Waals surface area contributed by atoms with Crippen LogP contribution in [0.5, 0.6) is 11.5 Å². The molecule has 144 valence electrons. The summed E-state index contributed by atoms with van der Waals surface area (Å²) in [5.41, 5.74) is 2.37. The van der Waals surface area contributed by atoms with Crippen molar-refractivity contribution in [2.45, 2.75) is 45.2 Å². The van der Waals surface area contributed by atoms with Gasteiger partial charge in [0.05, 0.1) is 0 Å². The van der Waals surface area contributed by atoms with Crippen molar-refractivity contribution >= 4 is 22.7 Å². The Morgan fingerprint density at radius 2 is 1.19 bits per heavy atom. The minimum Gasteiger partial charge on any atom is -0.544 e. The van der Waals surface area contributed by atoms with Crippen LogP contribution in [0.4, 0.5) is 0 Å². The van der Waals surface area contributed by atoms with Crippen LogP contribution in [0.15, 0.2) is 67.3 Å². The summed E-state index contributed by atoms with van der Waals surface area (Å²) in [4.78, 5) is 0. The van der Waals surface area contributed by atoms with Crippen LogP contribution in [0, 0.1) is 0 Å². The third-order valence-electron chi connectivity index (χ3n) is 3.74. The molecule has 0 radical (unpaired) electrons. The van der Waals surface area contributed by atoms with Gasteiger partial charge in [-0.05, 0) is 74.7 Å². The minimum absolute atomic E-state index is 0.170. The van der Waals surface area contributed by atoms with Crippen LogP contribution in [-0.4, -0.2) is 16.6 Å². The third kappa shape index (κ3) is 7.61. The van der Waals surface area contributed by atoms with Gasteiger partial charge in [-0.3, -0.25) is 0 Å². The Kier molecular flexibility index (Phi) is 6.90. The highest BCUT2D eigenvalue weighted by Gasteiger charge is 2.17. The maximum atomic E-state index is 6.03. The Hall–Kier alpha value is -2.05. The lowest BCUT2D eigenvalue weighted by atomic mass is 10.2. The highest BCUT2D eigenvalue weighted by atomic mass is 28.4. The molecule has 0 heterocycles. The van der Waals surface area contributed by atoms with Crippen molar-refractivity contribution in [1.29, 1.82) is 0 Å². The average Bonchev–Trinajstić information content (AvgIpc) is 2.55. The van der Waals surface area contributed by atoms with E-state index in [0.29, 0.717) is 0 Å². The molecule has 0 aliphatic carbocycles. The van der Waals surface area contributed by atoms with Gasteiger partial charge in [-0.1, -0.05) is 42.5 Å². The molecule has 0 saturated carbocycles. The van der Waals surface area contributed by atoms with Crippen LogP contribution in [-0.2, 0) is 0 Å². The molecule has 1 atom stereocenters. The van der Waals surface area contributed by atoms with E-state index in [1.165, 1.54) is 5.56 Å². The van der Waals surface area contributed by atoms with Gasteiger partial charge in [0.2, 0.25) is 16.6 Å². The molecule has 2 rings (SSSR count). The molecule has 0 bridgehead atoms. The number of rotatable bonds is 8. The van der Waals surface area contributed by atoms with Crippen molar-refractivity contribution in [3.8, 4) is 11.5 Å². The lowest BCUT2D eigenvalue weighted by Gasteiger charge is -2.19. The zero-order chi connectivity index (χ0) is 20.1. The van der Waals surface area contributed by atoms with Crippen molar-refractivity contribution in [2.24, 2.45) is 0 Å². The predicted octanol–water partition coefficient (Wildman–Crippen LogP) is 7.10. The van der Waals surface area contributed by atoms with E-state index in [-0.39, 0.29) is 5.92 Å². The average molecular weight is 409 g/mol. The van der Waals surface area contributed by atoms with E-state index in [0.717, 1.165) is 17.1 Å². The van der Waals surface area contributed by atoms with E-state index < -0.39 is 16.6 Å². The van der Waals surface area contributed by atoms with E-state index in [1.807, 2.05) is 18.2 Å². The zero-order valence-electron chi connectivity index (χ0n) is 17.5. The molecule has 0 spiro atoms. The maximum absolute atomic E-state index is 6.03. The largest absolute Gasteiger partial charge is 0.544 e. The van der Waals surface area contributed by atoms with E-state index in [4.69, 9.17) is 8.85 Å². The Labute approximate surface area is 166 Å². The second-order valence-corrected chi connectivity index (χ2v) is 17.5. The molecule has 2 aromatic carbocycles. The van der Waals surface area contributed by atoms with Crippen LogP contribution in [0.3, 0.4) is 0 Å². The number of hydrogen-bond acceptors (Lipinski definition) is 2. The van der Waals surface area contributed by atoms with Crippen LogP contribution < -0.4 is 8.85 Å². The summed E-state index contributed by atoms with van der Waals surface area (Å²) in [6.45, 7) is 17.1. The molecule has 2 nitrogen and oxygen atoms in total. The van der Waals surface area contributed by atoms with Gasteiger partial charge < -0.3 is 8.85 Å². The summed E-state index contributed by atoms with van der Waals surface area (Å²) in [6.07, 6.45) is 6.28. The molecule has 0 aliphatic rings. The van der Waals surface area contributed by atoms with E-state index in [2.05, 4.69) is 94.4 Å². The Morgan fingerprint density at radius 3 is 1.59 bits per heavy atom. The van der Waals surface area contributed by atoms with E-state index in [1.54, 1.807) is 0 Å². The lowest BCUT2D eigenvalue weighted by molar-refractivity contribution is 0.557. The van der Waals surface area contributed by atoms with Crippen LogP contribution in [0.2, 0.25) is 39.3 Å². The summed E-state index contributed by atoms with van der Waals surface area (Å²) in [7, 11) is -3.13. The second-order valence-electron chi connectivity index (χ2n) is 8.69. The summed E-state index contributed by atoms with van der Waals surface area (Å²) >= 11 is 0. The van der Waals surface area contributed by atoms with Crippen molar-refractivity contribution < 1.29 is 8.85 Å². The van der Waals surface area contributed by atoms with Crippen molar-refractivity contribution in [3.63, 3.8) is 0 Å². The summed E-state index contributed by atoms with van der Waals surface area (Å²) in [6, 6.07) is 16.6. The monoisotopic (exact) mass is 408 g/mol. The number of benzene rings is 2. The molecule has 0 aliphatic heterocycles. The molecule has 0 aromatic heterocycles. The van der Waals surface area contributed by atoms with Crippen LogP contribution in [0.25, 0.3) is 6.08 Å². The van der Waals surface area contributed by atoms with Crippen molar-refractivity contribution in [3.05, 3.63) is 78.4 Å². The van der Waals surface area contributed by atoms with E-state index >= 15 is 0 Å². The van der Waals surface area contributed by atoms with Gasteiger partial charge in [-0.25, -0.2) is 0 Å². The van der Waals surface area contributed by atoms with Gasteiger partial charge in [-0.2, -0.15) is 0 Å². The van der Waals surface area contributed by atoms with Crippen molar-refractivity contribution in [1.82, 2.24) is 0 Å². The number of hydrogen-bond donors (Lipinski definition) is 0. The highest BCUT2D eigenvalue weighted by molar-refractivity contribution is 6.70. The van der Waals surface area contributed by atoms with Gasteiger partial charge in [-0.15, -0.1) is 6.58 Å². The highest BCUT2D eigenvalue weighted by Crippen LogP contribution is 2.24. The molecule has 0 amide bonds. The van der Waals surface area contributed by atoms with E-state index in [9.17, 15) is 0 Å². The zero-order valence-corrected chi connectivity index (χ0v) is 19.5. The lowest BCUT2D eigenvalue weighted by Crippen LogP contribution is -2.29. The first-order chi connectivity index (χ1) is 12.6. The quantitative estimate of drug-likeness (QED) is 0.343. The maximum Gasteiger partial charge on any atom is 0.242 e. The molecular formula is C23H32O2Si2. The predicted molar refractivity (Wildman–Crippen MR) is 123 cm³/mol. The standard InChI is InChI=1S/C23H32O2Si2/c1-8-20(21-13-17-23(18-14-21)25-27(5,6)7)12-9-19-10-15-22(16-11-19)24-26(2,3)4/h8-18,20H,1H2,2-7H3/b12-9-/i10+1,11+1,13+1,14+1,15+1,16+1,17+1,18+1,19+1,21+1,22+1,23+1. The van der Waals surface area contributed by atoms with Gasteiger partial charge >= 0.3 is 0 Å². The first kappa shape index (κ1) is 21.3. The smallest absolute Gasteiger partial charge is 0.242 e. The SMILES string of the molecule is C=CC(/C=C\[13c]1[13cH][13cH][13c](O[Si](C)(C)C)[13cH][13cH]1)[13c]1[13cH][13cH][13c](O[Si](C)(C)C)[13cH][13cH]1. The third-order valence-corrected chi connectivity index (χ3v) is 5.44. The van der Waals surface area contributed by atoms with Gasteiger partial charge in [0.15, 0.2) is 0 Å². The fourth-order valence-electron chi connectivity index (χ4n) is 2.65. The molecule has 0 N–H and O–H groups in total. The summed E-state index contributed by atoms with van der Waals surface area (Å²) < 4.78 is 12.0. The summed E-state index contributed by atoms with van der Waals surface area (Å²) in [5, 5.41) is 0. The minimum atomic E-state index is -1.57. The molecule has 27 heavy (non-hydrogen) atoms.